The summed E-state index contributed by atoms with van der Waals surface area (Å²) in [6, 6.07) is 10.2. The van der Waals surface area contributed by atoms with Gasteiger partial charge in [0.2, 0.25) is 0 Å². The van der Waals surface area contributed by atoms with Crippen molar-refractivity contribution in [2.75, 3.05) is 17.7 Å². The fraction of sp³-hybridized carbons (Fsp3) is 0.0769. The zero-order valence-electron chi connectivity index (χ0n) is 9.80. The van der Waals surface area contributed by atoms with Crippen molar-refractivity contribution in [1.29, 1.82) is 0 Å². The minimum absolute atomic E-state index is 0.172. The maximum atomic E-state index is 12.2. The van der Waals surface area contributed by atoms with Gasteiger partial charge in [0, 0.05) is 17.6 Å². The van der Waals surface area contributed by atoms with E-state index in [0.29, 0.717) is 22.1 Å². The smallest absolute Gasteiger partial charge is 0.259 e. The lowest BCUT2D eigenvalue weighted by Crippen LogP contribution is -2.27. The van der Waals surface area contributed by atoms with Gasteiger partial charge in [-0.2, -0.15) is 0 Å². The van der Waals surface area contributed by atoms with Crippen molar-refractivity contribution in [3.8, 4) is 0 Å². The Hall–Kier alpha value is -2.07. The van der Waals surface area contributed by atoms with Crippen molar-refractivity contribution in [2.45, 2.75) is 0 Å². The fourth-order valence-corrected chi connectivity index (χ4v) is 1.71. The molecule has 1 aromatic carbocycles. The number of aromatic nitrogens is 1. The molecule has 0 atom stereocenters. The van der Waals surface area contributed by atoms with E-state index in [2.05, 4.69) is 4.98 Å². The summed E-state index contributed by atoms with van der Waals surface area (Å²) in [5.74, 6) is 0.365. The van der Waals surface area contributed by atoms with Crippen molar-refractivity contribution >= 4 is 29.0 Å². The number of hydrogen-bond donors (Lipinski definition) is 1. The Morgan fingerprint density at radius 2 is 2.11 bits per heavy atom. The van der Waals surface area contributed by atoms with Crippen LogP contribution in [0.1, 0.15) is 10.4 Å². The molecule has 92 valence electrons. The Morgan fingerprint density at radius 1 is 1.33 bits per heavy atom. The average molecular weight is 262 g/mol. The van der Waals surface area contributed by atoms with Crippen molar-refractivity contribution in [3.63, 3.8) is 0 Å². The second kappa shape index (κ2) is 5.06. The summed E-state index contributed by atoms with van der Waals surface area (Å²) in [6.07, 6.45) is 1.51. The molecule has 0 bridgehead atoms. The van der Waals surface area contributed by atoms with Crippen molar-refractivity contribution < 1.29 is 4.79 Å². The van der Waals surface area contributed by atoms with Gasteiger partial charge in [-0.3, -0.25) is 9.69 Å². The number of nitrogen functional groups attached to an aromatic ring is 1. The lowest BCUT2D eigenvalue weighted by molar-refractivity contribution is 0.0992. The highest BCUT2D eigenvalue weighted by Crippen LogP contribution is 2.16. The molecule has 0 saturated heterocycles. The van der Waals surface area contributed by atoms with E-state index in [-0.39, 0.29) is 5.91 Å². The molecule has 2 rings (SSSR count). The first-order valence-electron chi connectivity index (χ1n) is 5.33. The fourth-order valence-electron chi connectivity index (χ4n) is 1.52. The van der Waals surface area contributed by atoms with Gasteiger partial charge >= 0.3 is 0 Å². The molecule has 0 fully saturated rings. The third kappa shape index (κ3) is 2.60. The zero-order valence-corrected chi connectivity index (χ0v) is 10.6. The SMILES string of the molecule is CN(C(=O)c1cccc(Cl)c1)c1ccc(N)cn1. The normalized spacial score (nSPS) is 10.1. The van der Waals surface area contributed by atoms with Crippen LogP contribution in [0.4, 0.5) is 11.5 Å². The maximum Gasteiger partial charge on any atom is 0.259 e. The molecule has 5 heteroatoms. The quantitative estimate of drug-likeness (QED) is 0.904. The van der Waals surface area contributed by atoms with E-state index < -0.39 is 0 Å². The molecule has 0 saturated carbocycles. The third-order valence-electron chi connectivity index (χ3n) is 2.49. The minimum atomic E-state index is -0.172. The predicted molar refractivity (Wildman–Crippen MR) is 72.8 cm³/mol. The number of pyridine rings is 1. The number of carbonyl (C=O) groups is 1. The Morgan fingerprint density at radius 3 is 2.72 bits per heavy atom. The molecular formula is C13H12ClN3O. The van der Waals surface area contributed by atoms with Crippen LogP contribution in [0.15, 0.2) is 42.6 Å². The molecular weight excluding hydrogens is 250 g/mol. The van der Waals surface area contributed by atoms with E-state index in [1.54, 1.807) is 43.4 Å². The van der Waals surface area contributed by atoms with Crippen LogP contribution >= 0.6 is 11.6 Å². The van der Waals surface area contributed by atoms with Crippen LogP contribution < -0.4 is 10.6 Å². The number of carbonyl (C=O) groups excluding carboxylic acids is 1. The summed E-state index contributed by atoms with van der Waals surface area (Å²) in [4.78, 5) is 17.7. The largest absolute Gasteiger partial charge is 0.397 e. The molecule has 2 N–H and O–H groups in total. The number of rotatable bonds is 2. The monoisotopic (exact) mass is 261 g/mol. The Labute approximate surface area is 110 Å². The summed E-state index contributed by atoms with van der Waals surface area (Å²) in [7, 11) is 1.65. The van der Waals surface area contributed by atoms with E-state index >= 15 is 0 Å². The highest BCUT2D eigenvalue weighted by Gasteiger charge is 2.14. The van der Waals surface area contributed by atoms with E-state index in [0.717, 1.165) is 0 Å². The molecule has 0 radical (unpaired) electrons. The number of hydrogen-bond acceptors (Lipinski definition) is 3. The maximum absolute atomic E-state index is 12.2. The van der Waals surface area contributed by atoms with Crippen LogP contribution in [0.5, 0.6) is 0 Å². The van der Waals surface area contributed by atoms with Crippen LogP contribution in [-0.4, -0.2) is 17.9 Å². The van der Waals surface area contributed by atoms with Gasteiger partial charge in [-0.25, -0.2) is 4.98 Å². The van der Waals surface area contributed by atoms with Gasteiger partial charge in [0.1, 0.15) is 5.82 Å². The van der Waals surface area contributed by atoms with Crippen LogP contribution in [0.3, 0.4) is 0 Å². The molecule has 0 unspecified atom stereocenters. The molecule has 0 spiro atoms. The second-order valence-electron chi connectivity index (χ2n) is 3.82. The van der Waals surface area contributed by atoms with Gasteiger partial charge < -0.3 is 5.73 Å². The highest BCUT2D eigenvalue weighted by molar-refractivity contribution is 6.31. The standard InChI is InChI=1S/C13H12ClN3O/c1-17(12-6-5-11(15)8-16-12)13(18)9-3-2-4-10(14)7-9/h2-8H,15H2,1H3. The van der Waals surface area contributed by atoms with E-state index in [9.17, 15) is 4.79 Å². The van der Waals surface area contributed by atoms with Crippen LogP contribution in [-0.2, 0) is 0 Å². The summed E-state index contributed by atoms with van der Waals surface area (Å²) in [5.41, 5.74) is 6.63. The van der Waals surface area contributed by atoms with E-state index in [1.807, 2.05) is 0 Å². The van der Waals surface area contributed by atoms with Crippen molar-refractivity contribution in [3.05, 3.63) is 53.2 Å². The van der Waals surface area contributed by atoms with Gasteiger partial charge in [-0.1, -0.05) is 17.7 Å². The first kappa shape index (κ1) is 12.4. The molecule has 4 nitrogen and oxygen atoms in total. The topological polar surface area (TPSA) is 59.2 Å². The van der Waals surface area contributed by atoms with E-state index in [4.69, 9.17) is 17.3 Å². The number of nitrogens with two attached hydrogens (primary N) is 1. The Bertz CT molecular complexity index is 569. The Kier molecular flexibility index (Phi) is 3.48. The van der Waals surface area contributed by atoms with Crippen LogP contribution in [0.2, 0.25) is 5.02 Å². The van der Waals surface area contributed by atoms with Crippen LogP contribution in [0, 0.1) is 0 Å². The number of amides is 1. The van der Waals surface area contributed by atoms with Gasteiger partial charge in [-0.05, 0) is 30.3 Å². The molecule has 0 aliphatic rings. The number of halogens is 1. The first-order valence-corrected chi connectivity index (χ1v) is 5.71. The Balaban J connectivity index is 2.26. The summed E-state index contributed by atoms with van der Waals surface area (Å²) in [6.45, 7) is 0. The highest BCUT2D eigenvalue weighted by atomic mass is 35.5. The zero-order chi connectivity index (χ0) is 13.1. The van der Waals surface area contributed by atoms with Gasteiger partial charge in [-0.15, -0.1) is 0 Å². The molecule has 0 aliphatic carbocycles. The van der Waals surface area contributed by atoms with Gasteiger partial charge in [0.05, 0.1) is 11.9 Å². The summed E-state index contributed by atoms with van der Waals surface area (Å²) in [5, 5.41) is 0.527. The number of nitrogens with zero attached hydrogens (tertiary/aromatic N) is 2. The third-order valence-corrected chi connectivity index (χ3v) is 2.73. The molecule has 1 amide bonds. The van der Waals surface area contributed by atoms with Crippen molar-refractivity contribution in [2.24, 2.45) is 0 Å². The molecule has 1 aromatic heterocycles. The van der Waals surface area contributed by atoms with Crippen LogP contribution in [0.25, 0.3) is 0 Å². The van der Waals surface area contributed by atoms with Gasteiger partial charge in [0.25, 0.3) is 5.91 Å². The minimum Gasteiger partial charge on any atom is -0.397 e. The molecule has 0 aliphatic heterocycles. The molecule has 2 aromatic rings. The summed E-state index contributed by atoms with van der Waals surface area (Å²) >= 11 is 5.86. The van der Waals surface area contributed by atoms with Gasteiger partial charge in [0.15, 0.2) is 0 Å². The van der Waals surface area contributed by atoms with Crippen molar-refractivity contribution in [1.82, 2.24) is 4.98 Å². The second-order valence-corrected chi connectivity index (χ2v) is 4.26. The summed E-state index contributed by atoms with van der Waals surface area (Å²) < 4.78 is 0. The molecule has 1 heterocycles. The number of anilines is 2. The predicted octanol–water partition coefficient (Wildman–Crippen LogP) is 2.59. The molecule has 18 heavy (non-hydrogen) atoms. The average Bonchev–Trinajstić information content (AvgIpc) is 2.38. The first-order chi connectivity index (χ1) is 8.58. The lowest BCUT2D eigenvalue weighted by atomic mass is 10.2. The lowest BCUT2D eigenvalue weighted by Gasteiger charge is -2.16. The van der Waals surface area contributed by atoms with E-state index in [1.165, 1.54) is 11.1 Å². The number of benzene rings is 1.